The van der Waals surface area contributed by atoms with Crippen LogP contribution in [0.5, 0.6) is 0 Å². The number of hydrogen-bond donors (Lipinski definition) is 2. The second kappa shape index (κ2) is 9.27. The summed E-state index contributed by atoms with van der Waals surface area (Å²) in [5.74, 6) is -1.15. The van der Waals surface area contributed by atoms with Crippen molar-refractivity contribution in [1.82, 2.24) is 5.32 Å². The summed E-state index contributed by atoms with van der Waals surface area (Å²) in [6.07, 6.45) is -0.387. The molecule has 0 bridgehead atoms. The number of diazo groups is 1. The van der Waals surface area contributed by atoms with Crippen LogP contribution in [0.1, 0.15) is 32.8 Å². The Morgan fingerprint density at radius 3 is 2.52 bits per heavy atom. The van der Waals surface area contributed by atoms with Gasteiger partial charge in [-0.25, -0.2) is 9.59 Å². The number of rotatable bonds is 6. The third-order valence-corrected chi connectivity index (χ3v) is 2.82. The van der Waals surface area contributed by atoms with E-state index in [-0.39, 0.29) is 13.0 Å². The highest BCUT2D eigenvalue weighted by molar-refractivity contribution is 5.81. The molecule has 0 fully saturated rings. The Morgan fingerprint density at radius 1 is 1.32 bits per heavy atom. The molecule has 8 heteroatoms. The standard InChI is InChI=1S/C17H21N3O5/c1-17(2,3)25-15(22)14(9-13(21)10-19-18)20-16(23)24-11-12-7-5-4-6-8-12/h4-8,10,14H,9,11H2,1-3H3,(H-,20,21,23)/p+1/b13-10+/t14-/m0/s1. The lowest BCUT2D eigenvalue weighted by molar-refractivity contribution is -0.157. The summed E-state index contributed by atoms with van der Waals surface area (Å²) in [6, 6.07) is 7.83. The van der Waals surface area contributed by atoms with Crippen LogP contribution in [0.2, 0.25) is 0 Å². The molecule has 1 aromatic carbocycles. The summed E-state index contributed by atoms with van der Waals surface area (Å²) >= 11 is 0. The van der Waals surface area contributed by atoms with Gasteiger partial charge < -0.3 is 19.9 Å². The fraction of sp³-hybridized carbons (Fsp3) is 0.412. The molecule has 0 saturated carbocycles. The van der Waals surface area contributed by atoms with E-state index in [4.69, 9.17) is 14.9 Å². The van der Waals surface area contributed by atoms with Crippen molar-refractivity contribution in [1.29, 1.82) is 5.39 Å². The van der Waals surface area contributed by atoms with Gasteiger partial charge in [0.05, 0.1) is 0 Å². The fourth-order valence-corrected chi connectivity index (χ4v) is 1.80. The van der Waals surface area contributed by atoms with E-state index in [2.05, 4.69) is 10.3 Å². The third kappa shape index (κ3) is 8.37. The van der Waals surface area contributed by atoms with E-state index < -0.39 is 29.5 Å². The fourth-order valence-electron chi connectivity index (χ4n) is 1.80. The molecular weight excluding hydrogens is 326 g/mol. The highest BCUT2D eigenvalue weighted by Gasteiger charge is 2.29. The Hall–Kier alpha value is -3.08. The lowest BCUT2D eigenvalue weighted by Crippen LogP contribution is -2.44. The minimum atomic E-state index is -1.19. The summed E-state index contributed by atoms with van der Waals surface area (Å²) in [4.78, 5) is 26.8. The Labute approximate surface area is 146 Å². The maximum absolute atomic E-state index is 12.2. The lowest BCUT2D eigenvalue weighted by Gasteiger charge is -2.24. The SMILES string of the molecule is CC(C)(C)OC(=O)[C@H](C/C(O)=C\[N+]#N)NC(=O)OCc1ccccc1. The molecule has 0 radical (unpaired) electrons. The molecule has 0 heterocycles. The smallest absolute Gasteiger partial charge is 0.408 e. The predicted octanol–water partition coefficient (Wildman–Crippen LogP) is 3.27. The van der Waals surface area contributed by atoms with Gasteiger partial charge in [-0.3, -0.25) is 0 Å². The second-order valence-corrected chi connectivity index (χ2v) is 6.23. The highest BCUT2D eigenvalue weighted by Crippen LogP contribution is 2.12. The van der Waals surface area contributed by atoms with Crippen LogP contribution in [-0.2, 0) is 20.9 Å². The summed E-state index contributed by atoms with van der Waals surface area (Å²) in [7, 11) is 0. The first-order chi connectivity index (χ1) is 11.7. The van der Waals surface area contributed by atoms with Crippen LogP contribution < -0.4 is 5.32 Å². The molecule has 0 aliphatic heterocycles. The van der Waals surface area contributed by atoms with Crippen LogP contribution in [0.15, 0.2) is 42.3 Å². The van der Waals surface area contributed by atoms with E-state index >= 15 is 0 Å². The van der Waals surface area contributed by atoms with Crippen LogP contribution >= 0.6 is 0 Å². The van der Waals surface area contributed by atoms with Crippen molar-refractivity contribution in [2.45, 2.75) is 45.4 Å². The van der Waals surface area contributed by atoms with Crippen molar-refractivity contribution in [3.05, 3.63) is 52.8 Å². The zero-order valence-electron chi connectivity index (χ0n) is 14.4. The summed E-state index contributed by atoms with van der Waals surface area (Å²) in [6.45, 7) is 5.05. The molecule has 0 aliphatic rings. The van der Waals surface area contributed by atoms with E-state index in [9.17, 15) is 14.7 Å². The Balaban J connectivity index is 2.71. The number of alkyl carbamates (subject to hydrolysis) is 1. The van der Waals surface area contributed by atoms with E-state index in [1.807, 2.05) is 6.07 Å². The van der Waals surface area contributed by atoms with E-state index in [0.29, 0.717) is 0 Å². The van der Waals surface area contributed by atoms with Crippen molar-refractivity contribution in [3.63, 3.8) is 0 Å². The molecule has 25 heavy (non-hydrogen) atoms. The number of aliphatic hydroxyl groups excluding tert-OH is 1. The van der Waals surface area contributed by atoms with Crippen LogP contribution in [0, 0.1) is 5.39 Å². The number of nitrogens with one attached hydrogen (secondary N) is 1. The van der Waals surface area contributed by atoms with Gasteiger partial charge in [-0.2, -0.15) is 0 Å². The molecule has 0 aromatic heterocycles. The first-order valence-electron chi connectivity index (χ1n) is 7.63. The number of nitrogens with zero attached hydrogens (tertiary/aromatic N) is 2. The molecule has 1 atom stereocenters. The summed E-state index contributed by atoms with van der Waals surface area (Å²) < 4.78 is 10.3. The molecule has 1 aromatic rings. The Kier molecular flexibility index (Phi) is 7.41. The minimum absolute atomic E-state index is 0.0293. The minimum Gasteiger partial charge on any atom is -0.505 e. The van der Waals surface area contributed by atoms with Gasteiger partial charge >= 0.3 is 18.3 Å². The maximum atomic E-state index is 12.2. The number of carbonyl (C=O) groups excluding carboxylic acids is 2. The molecule has 8 nitrogen and oxygen atoms in total. The number of carbonyl (C=O) groups is 2. The molecule has 1 amide bonds. The molecule has 2 N–H and O–H groups in total. The molecule has 0 saturated heterocycles. The number of amides is 1. The Bertz CT molecular complexity index is 659. The van der Waals surface area contributed by atoms with Crippen molar-refractivity contribution in [2.24, 2.45) is 0 Å². The third-order valence-electron chi connectivity index (χ3n) is 2.82. The van der Waals surface area contributed by atoms with Gasteiger partial charge in [-0.05, 0) is 26.3 Å². The first kappa shape index (κ1) is 20.0. The largest absolute Gasteiger partial charge is 0.505 e. The molecule has 134 valence electrons. The average molecular weight is 348 g/mol. The van der Waals surface area contributed by atoms with Gasteiger partial charge in [0.25, 0.3) is 0 Å². The lowest BCUT2D eigenvalue weighted by atomic mass is 10.1. The summed E-state index contributed by atoms with van der Waals surface area (Å²) in [5.41, 5.74) is 0.0133. The topological polar surface area (TPSA) is 113 Å². The quantitative estimate of drug-likeness (QED) is 0.463. The predicted molar refractivity (Wildman–Crippen MR) is 89.8 cm³/mol. The van der Waals surface area contributed by atoms with Gasteiger partial charge in [0.2, 0.25) is 5.39 Å². The van der Waals surface area contributed by atoms with Crippen molar-refractivity contribution in [3.8, 4) is 0 Å². The number of esters is 1. The van der Waals surface area contributed by atoms with Gasteiger partial charge in [-0.1, -0.05) is 30.3 Å². The normalized spacial score (nSPS) is 12.6. The van der Waals surface area contributed by atoms with Crippen molar-refractivity contribution < 1.29 is 24.2 Å². The molecular formula is C17H22N3O5+. The van der Waals surface area contributed by atoms with Crippen LogP contribution in [0.3, 0.4) is 0 Å². The van der Waals surface area contributed by atoms with Gasteiger partial charge in [0.1, 0.15) is 18.2 Å². The zero-order chi connectivity index (χ0) is 18.9. The molecule has 0 aliphatic carbocycles. The van der Waals surface area contributed by atoms with E-state index in [1.165, 1.54) is 0 Å². The van der Waals surface area contributed by atoms with E-state index in [1.54, 1.807) is 45.0 Å². The van der Waals surface area contributed by atoms with Crippen LogP contribution in [0.25, 0.3) is 4.98 Å². The van der Waals surface area contributed by atoms with Crippen molar-refractivity contribution >= 4 is 12.1 Å². The number of benzene rings is 1. The second-order valence-electron chi connectivity index (χ2n) is 6.23. The monoisotopic (exact) mass is 348 g/mol. The average Bonchev–Trinajstić information content (AvgIpc) is 2.52. The zero-order valence-corrected chi connectivity index (χ0v) is 14.4. The number of hydrogen-bond acceptors (Lipinski definition) is 6. The molecule has 1 rings (SSSR count). The van der Waals surface area contributed by atoms with Gasteiger partial charge in [0.15, 0.2) is 10.7 Å². The van der Waals surface area contributed by atoms with Crippen LogP contribution in [0.4, 0.5) is 4.79 Å². The molecule has 0 unspecified atom stereocenters. The van der Waals surface area contributed by atoms with E-state index in [0.717, 1.165) is 11.8 Å². The summed E-state index contributed by atoms with van der Waals surface area (Å²) in [5, 5.41) is 20.4. The number of aliphatic hydroxyl groups is 1. The first-order valence-corrected chi connectivity index (χ1v) is 7.63. The van der Waals surface area contributed by atoms with Gasteiger partial charge in [-0.15, -0.1) is 0 Å². The molecule has 0 spiro atoms. The maximum Gasteiger partial charge on any atom is 0.408 e. The Morgan fingerprint density at radius 2 is 1.96 bits per heavy atom. The highest BCUT2D eigenvalue weighted by atomic mass is 16.6. The van der Waals surface area contributed by atoms with Crippen LogP contribution in [-0.4, -0.2) is 28.8 Å². The van der Waals surface area contributed by atoms with Crippen molar-refractivity contribution in [2.75, 3.05) is 0 Å². The van der Waals surface area contributed by atoms with Gasteiger partial charge in [0, 0.05) is 6.42 Å². The number of ether oxygens (including phenoxy) is 2.